The molecule has 1 atom stereocenters. The van der Waals surface area contributed by atoms with Gasteiger partial charge in [0.25, 0.3) is 0 Å². The molecule has 0 aromatic heterocycles. The third-order valence-corrected chi connectivity index (χ3v) is 5.80. The van der Waals surface area contributed by atoms with Crippen molar-refractivity contribution in [2.75, 3.05) is 39.8 Å². The van der Waals surface area contributed by atoms with Gasteiger partial charge in [0.05, 0.1) is 0 Å². The molecule has 4 nitrogen and oxygen atoms in total. The Morgan fingerprint density at radius 3 is 2.50 bits per heavy atom. The van der Waals surface area contributed by atoms with E-state index < -0.39 is 0 Å². The summed E-state index contributed by atoms with van der Waals surface area (Å²) in [7, 11) is 2.20. The van der Waals surface area contributed by atoms with Crippen LogP contribution in [0.4, 0.5) is 0 Å². The van der Waals surface area contributed by atoms with E-state index in [1.165, 1.54) is 45.2 Å². The molecule has 0 aromatic carbocycles. The van der Waals surface area contributed by atoms with E-state index in [-0.39, 0.29) is 24.8 Å². The van der Waals surface area contributed by atoms with E-state index in [2.05, 4.69) is 22.6 Å². The normalized spacial score (nSPS) is 27.6. The third kappa shape index (κ3) is 4.73. The van der Waals surface area contributed by atoms with Crippen molar-refractivity contribution in [3.63, 3.8) is 0 Å². The van der Waals surface area contributed by atoms with Gasteiger partial charge in [-0.2, -0.15) is 0 Å². The SMILES string of the molecule is CN1CCC(CCNC(=O)C2CC23CCNCC3)CC1.Cl.Cl. The van der Waals surface area contributed by atoms with Gasteiger partial charge < -0.3 is 15.5 Å². The molecule has 0 bridgehead atoms. The molecule has 2 saturated heterocycles. The number of carbonyl (C=O) groups is 1. The highest BCUT2D eigenvalue weighted by Crippen LogP contribution is 2.58. The zero-order valence-electron chi connectivity index (χ0n) is 13.6. The smallest absolute Gasteiger partial charge is 0.223 e. The quantitative estimate of drug-likeness (QED) is 0.814. The van der Waals surface area contributed by atoms with Gasteiger partial charge in [-0.05, 0) is 83.1 Å². The van der Waals surface area contributed by atoms with Crippen LogP contribution < -0.4 is 10.6 Å². The third-order valence-electron chi connectivity index (χ3n) is 5.80. The molecule has 1 saturated carbocycles. The first kappa shape index (κ1) is 20.0. The van der Waals surface area contributed by atoms with Crippen LogP contribution in [-0.2, 0) is 4.79 Å². The zero-order chi connectivity index (χ0) is 14.0. The lowest BCUT2D eigenvalue weighted by molar-refractivity contribution is -0.123. The molecule has 1 amide bonds. The van der Waals surface area contributed by atoms with Gasteiger partial charge in [0.2, 0.25) is 5.91 Å². The molecule has 2 heterocycles. The second-order valence-electron chi connectivity index (χ2n) is 7.20. The molecular weight excluding hydrogens is 321 g/mol. The molecule has 3 aliphatic rings. The summed E-state index contributed by atoms with van der Waals surface area (Å²) < 4.78 is 0. The maximum atomic E-state index is 12.2. The van der Waals surface area contributed by atoms with E-state index in [0.717, 1.165) is 32.0 Å². The van der Waals surface area contributed by atoms with Crippen molar-refractivity contribution in [2.24, 2.45) is 17.3 Å². The standard InChI is InChI=1S/C16H29N3O.2ClH/c1-19-10-3-13(4-11-19)2-7-18-15(20)14-12-16(14)5-8-17-9-6-16;;/h13-14,17H,2-12H2,1H3,(H,18,20);2*1H. The number of hydrogen-bond donors (Lipinski definition) is 2. The summed E-state index contributed by atoms with van der Waals surface area (Å²) in [4.78, 5) is 14.6. The maximum Gasteiger partial charge on any atom is 0.223 e. The lowest BCUT2D eigenvalue weighted by Crippen LogP contribution is -2.35. The number of hydrogen-bond acceptors (Lipinski definition) is 3. The van der Waals surface area contributed by atoms with Crippen molar-refractivity contribution in [1.82, 2.24) is 15.5 Å². The Labute approximate surface area is 147 Å². The predicted octanol–water partition coefficient (Wildman–Crippen LogP) is 2.07. The lowest BCUT2D eigenvalue weighted by Gasteiger charge is -2.29. The fraction of sp³-hybridized carbons (Fsp3) is 0.938. The number of likely N-dealkylation sites (tertiary alicyclic amines) is 1. The van der Waals surface area contributed by atoms with Crippen LogP contribution in [0.2, 0.25) is 0 Å². The van der Waals surface area contributed by atoms with Crippen molar-refractivity contribution >= 4 is 30.7 Å². The van der Waals surface area contributed by atoms with E-state index >= 15 is 0 Å². The number of piperidine rings is 2. The molecule has 1 aliphatic carbocycles. The second kappa shape index (κ2) is 8.72. The summed E-state index contributed by atoms with van der Waals surface area (Å²) in [5.41, 5.74) is 0.378. The van der Waals surface area contributed by atoms with Crippen molar-refractivity contribution in [2.45, 2.75) is 38.5 Å². The molecule has 3 fully saturated rings. The van der Waals surface area contributed by atoms with Crippen molar-refractivity contribution < 1.29 is 4.79 Å². The minimum absolute atomic E-state index is 0. The minimum atomic E-state index is 0. The molecule has 3 rings (SSSR count). The van der Waals surface area contributed by atoms with E-state index in [1.54, 1.807) is 0 Å². The number of carbonyl (C=O) groups excluding carboxylic acids is 1. The average Bonchev–Trinajstić information content (AvgIpc) is 3.15. The van der Waals surface area contributed by atoms with Crippen molar-refractivity contribution in [3.8, 4) is 0 Å². The van der Waals surface area contributed by atoms with E-state index in [0.29, 0.717) is 17.2 Å². The molecule has 1 unspecified atom stereocenters. The number of amides is 1. The fourth-order valence-corrected chi connectivity index (χ4v) is 4.07. The topological polar surface area (TPSA) is 44.4 Å². The molecule has 0 radical (unpaired) electrons. The molecule has 130 valence electrons. The van der Waals surface area contributed by atoms with Crippen LogP contribution in [-0.4, -0.2) is 50.6 Å². The number of nitrogens with zero attached hydrogens (tertiary/aromatic N) is 1. The molecule has 2 aliphatic heterocycles. The first-order valence-electron chi connectivity index (χ1n) is 8.37. The van der Waals surface area contributed by atoms with Gasteiger partial charge in [0, 0.05) is 12.5 Å². The van der Waals surface area contributed by atoms with Crippen molar-refractivity contribution in [3.05, 3.63) is 0 Å². The summed E-state index contributed by atoms with van der Waals surface area (Å²) in [5.74, 6) is 1.47. The molecule has 22 heavy (non-hydrogen) atoms. The van der Waals surface area contributed by atoms with Crippen LogP contribution in [0.15, 0.2) is 0 Å². The van der Waals surface area contributed by atoms with Crippen molar-refractivity contribution in [1.29, 1.82) is 0 Å². The van der Waals surface area contributed by atoms with Crippen LogP contribution >= 0.6 is 24.8 Å². The van der Waals surface area contributed by atoms with E-state index in [9.17, 15) is 4.79 Å². The highest BCUT2D eigenvalue weighted by molar-refractivity contribution is 5.85. The summed E-state index contributed by atoms with van der Waals surface area (Å²) in [6.45, 7) is 5.52. The summed E-state index contributed by atoms with van der Waals surface area (Å²) >= 11 is 0. The predicted molar refractivity (Wildman–Crippen MR) is 95.0 cm³/mol. The van der Waals surface area contributed by atoms with Crippen LogP contribution in [0.1, 0.15) is 38.5 Å². The van der Waals surface area contributed by atoms with E-state index in [4.69, 9.17) is 0 Å². The monoisotopic (exact) mass is 351 g/mol. The van der Waals surface area contributed by atoms with Crippen LogP contribution in [0.5, 0.6) is 0 Å². The van der Waals surface area contributed by atoms with Gasteiger partial charge in [-0.15, -0.1) is 24.8 Å². The Balaban J connectivity index is 0.00000121. The lowest BCUT2D eigenvalue weighted by atomic mass is 9.91. The van der Waals surface area contributed by atoms with Crippen LogP contribution in [0.3, 0.4) is 0 Å². The number of halogens is 2. The Bertz CT molecular complexity index is 353. The van der Waals surface area contributed by atoms with Gasteiger partial charge >= 0.3 is 0 Å². The summed E-state index contributed by atoms with van der Waals surface area (Å²) in [5, 5.41) is 6.60. The largest absolute Gasteiger partial charge is 0.356 e. The first-order chi connectivity index (χ1) is 9.70. The highest BCUT2D eigenvalue weighted by atomic mass is 35.5. The minimum Gasteiger partial charge on any atom is -0.356 e. The van der Waals surface area contributed by atoms with Gasteiger partial charge in [0.1, 0.15) is 0 Å². The number of nitrogens with one attached hydrogen (secondary N) is 2. The summed E-state index contributed by atoms with van der Waals surface area (Å²) in [6.07, 6.45) is 7.28. The highest BCUT2D eigenvalue weighted by Gasteiger charge is 2.57. The van der Waals surface area contributed by atoms with E-state index in [1.807, 2.05) is 0 Å². The van der Waals surface area contributed by atoms with Gasteiger partial charge in [-0.1, -0.05) is 0 Å². The molecule has 6 heteroatoms. The Morgan fingerprint density at radius 2 is 1.86 bits per heavy atom. The Kier molecular flexibility index (Phi) is 7.93. The Hall–Kier alpha value is -0.0300. The maximum absolute atomic E-state index is 12.2. The molecular formula is C16H31Cl2N3O. The average molecular weight is 352 g/mol. The number of rotatable bonds is 4. The molecule has 0 aromatic rings. The Morgan fingerprint density at radius 1 is 1.23 bits per heavy atom. The first-order valence-corrected chi connectivity index (χ1v) is 8.37. The van der Waals surface area contributed by atoms with Crippen LogP contribution in [0.25, 0.3) is 0 Å². The molecule has 1 spiro atoms. The van der Waals surface area contributed by atoms with Gasteiger partial charge in [-0.25, -0.2) is 0 Å². The van der Waals surface area contributed by atoms with Crippen LogP contribution in [0, 0.1) is 17.3 Å². The second-order valence-corrected chi connectivity index (χ2v) is 7.20. The van der Waals surface area contributed by atoms with Gasteiger partial charge in [0.15, 0.2) is 0 Å². The van der Waals surface area contributed by atoms with Gasteiger partial charge in [-0.3, -0.25) is 4.79 Å². The summed E-state index contributed by atoms with van der Waals surface area (Å²) in [6, 6.07) is 0. The zero-order valence-corrected chi connectivity index (χ0v) is 15.2. The fourth-order valence-electron chi connectivity index (χ4n) is 4.07. The molecule has 2 N–H and O–H groups in total.